The van der Waals surface area contributed by atoms with Gasteiger partial charge in [0, 0.05) is 24.1 Å². The summed E-state index contributed by atoms with van der Waals surface area (Å²) in [7, 11) is -0.159. The van der Waals surface area contributed by atoms with Gasteiger partial charge in [-0.05, 0) is 146 Å². The average molecular weight is 510 g/mol. The summed E-state index contributed by atoms with van der Waals surface area (Å²) < 4.78 is 0. The zero-order valence-electron chi connectivity index (χ0n) is 22.6. The summed E-state index contributed by atoms with van der Waals surface area (Å²) in [5.41, 5.74) is 4.80. The summed E-state index contributed by atoms with van der Waals surface area (Å²) in [6.07, 6.45) is 20.2. The largest absolute Gasteiger partial charge is 0.366 e. The minimum Gasteiger partial charge on any atom is -0.366 e. The highest BCUT2D eigenvalue weighted by atomic mass is 31.1. The average Bonchev–Trinajstić information content (AvgIpc) is 2.87. The van der Waals surface area contributed by atoms with Crippen molar-refractivity contribution in [3.63, 3.8) is 0 Å². The standard InChI is InChI=1S/C35H44NP/c1-2-6-31-23-36(10-9-30(31)5-1)32-7-3-4-8-33(32)37(34-17-24-11-25(18-34)13-26(12-24)19-34)35-20-27-14-28(21-35)16-29(15-27)22-35/h1-8,24-29H,9-23H2. The Morgan fingerprint density at radius 3 is 1.57 bits per heavy atom. The molecule has 0 N–H and O–H groups in total. The van der Waals surface area contributed by atoms with E-state index in [1.165, 1.54) is 13.0 Å². The van der Waals surface area contributed by atoms with Crippen molar-refractivity contribution in [3.8, 4) is 0 Å². The molecule has 2 heteroatoms. The molecule has 0 amide bonds. The lowest BCUT2D eigenvalue weighted by molar-refractivity contribution is 0.0195. The van der Waals surface area contributed by atoms with E-state index >= 15 is 0 Å². The van der Waals surface area contributed by atoms with Gasteiger partial charge in [-0.3, -0.25) is 0 Å². The normalized spacial score (nSPS) is 43.7. The Hall–Kier alpha value is -1.33. The third kappa shape index (κ3) is 3.44. The molecule has 8 bridgehead atoms. The molecule has 2 aromatic rings. The van der Waals surface area contributed by atoms with Crippen molar-refractivity contribution in [1.82, 2.24) is 0 Å². The quantitative estimate of drug-likeness (QED) is 0.375. The lowest BCUT2D eigenvalue weighted by Gasteiger charge is -2.67. The van der Waals surface area contributed by atoms with Crippen molar-refractivity contribution in [1.29, 1.82) is 0 Å². The first-order valence-corrected chi connectivity index (χ1v) is 17.2. The van der Waals surface area contributed by atoms with E-state index in [-0.39, 0.29) is 7.92 Å². The fourth-order valence-electron chi connectivity index (χ4n) is 12.3. The van der Waals surface area contributed by atoms with Crippen LogP contribution in [0.1, 0.15) is 88.2 Å². The Balaban J connectivity index is 1.19. The van der Waals surface area contributed by atoms with E-state index in [1.54, 1.807) is 93.9 Å². The van der Waals surface area contributed by atoms with Crippen LogP contribution in [-0.4, -0.2) is 16.9 Å². The maximum absolute atomic E-state index is 2.81. The minimum absolute atomic E-state index is 0.159. The number of anilines is 1. The summed E-state index contributed by atoms with van der Waals surface area (Å²) in [4.78, 5) is 2.81. The van der Waals surface area contributed by atoms with E-state index in [0.717, 1.165) is 42.1 Å². The van der Waals surface area contributed by atoms with E-state index in [4.69, 9.17) is 0 Å². The van der Waals surface area contributed by atoms with E-state index in [0.29, 0.717) is 10.3 Å². The van der Waals surface area contributed by atoms with E-state index < -0.39 is 0 Å². The van der Waals surface area contributed by atoms with Gasteiger partial charge in [-0.2, -0.15) is 0 Å². The van der Waals surface area contributed by atoms with Gasteiger partial charge in [-0.1, -0.05) is 50.4 Å². The number of rotatable bonds is 4. The Kier molecular flexibility index (Phi) is 4.92. The maximum atomic E-state index is 2.81. The van der Waals surface area contributed by atoms with E-state index in [2.05, 4.69) is 53.4 Å². The molecule has 11 rings (SSSR count). The minimum atomic E-state index is -0.159. The molecule has 0 saturated heterocycles. The molecular formula is C35H44NP. The van der Waals surface area contributed by atoms with Crippen LogP contribution in [0.4, 0.5) is 5.69 Å². The molecule has 194 valence electrons. The molecule has 0 aromatic heterocycles. The number of fused-ring (bicyclic) bond motifs is 1. The Morgan fingerprint density at radius 2 is 1.03 bits per heavy atom. The predicted octanol–water partition coefficient (Wildman–Crippen LogP) is 8.29. The molecule has 1 aliphatic heterocycles. The van der Waals surface area contributed by atoms with Crippen LogP contribution in [0.3, 0.4) is 0 Å². The zero-order chi connectivity index (χ0) is 24.2. The number of hydrogen-bond donors (Lipinski definition) is 0. The van der Waals surface area contributed by atoms with Gasteiger partial charge in [-0.25, -0.2) is 0 Å². The first-order valence-electron chi connectivity index (χ1n) is 15.9. The van der Waals surface area contributed by atoms with E-state index in [1.807, 2.05) is 5.30 Å². The summed E-state index contributed by atoms with van der Waals surface area (Å²) in [5.74, 6) is 6.33. The molecule has 1 heterocycles. The van der Waals surface area contributed by atoms with Gasteiger partial charge >= 0.3 is 0 Å². The highest BCUT2D eigenvalue weighted by molar-refractivity contribution is 7.69. The SMILES string of the molecule is c1ccc2c(c1)CCN(c1ccccc1P(C13CC4CC(CC(C4)C1)C3)C13CC4CC(CC(C4)C1)C3)C2. The number of nitrogens with zero attached hydrogens (tertiary/aromatic N) is 1. The summed E-state index contributed by atoms with van der Waals surface area (Å²) in [5, 5.41) is 3.17. The van der Waals surface area contributed by atoms with Crippen molar-refractivity contribution >= 4 is 18.9 Å². The number of benzene rings is 2. The predicted molar refractivity (Wildman–Crippen MR) is 156 cm³/mol. The van der Waals surface area contributed by atoms with Crippen LogP contribution in [-0.2, 0) is 13.0 Å². The monoisotopic (exact) mass is 509 g/mol. The van der Waals surface area contributed by atoms with Gasteiger partial charge in [-0.15, -0.1) is 0 Å². The third-order valence-electron chi connectivity index (χ3n) is 12.6. The van der Waals surface area contributed by atoms with Crippen LogP contribution >= 0.6 is 7.92 Å². The van der Waals surface area contributed by atoms with Crippen LogP contribution in [0.5, 0.6) is 0 Å². The van der Waals surface area contributed by atoms with Crippen molar-refractivity contribution in [3.05, 3.63) is 59.7 Å². The molecule has 8 fully saturated rings. The van der Waals surface area contributed by atoms with Gasteiger partial charge in [0.25, 0.3) is 0 Å². The first-order chi connectivity index (χ1) is 18.1. The molecule has 9 aliphatic rings. The molecular weight excluding hydrogens is 465 g/mol. The van der Waals surface area contributed by atoms with Gasteiger partial charge in [0.2, 0.25) is 0 Å². The fourth-order valence-corrected chi connectivity index (χ4v) is 17.7. The molecule has 8 saturated carbocycles. The molecule has 0 atom stereocenters. The van der Waals surface area contributed by atoms with Crippen molar-refractivity contribution in [2.45, 2.75) is 100 Å². The van der Waals surface area contributed by atoms with Gasteiger partial charge < -0.3 is 4.90 Å². The maximum Gasteiger partial charge on any atom is 0.0447 e. The van der Waals surface area contributed by atoms with Gasteiger partial charge in [0.1, 0.15) is 0 Å². The first kappa shape index (κ1) is 22.5. The van der Waals surface area contributed by atoms with Crippen molar-refractivity contribution in [2.75, 3.05) is 11.4 Å². The lowest BCUT2D eigenvalue weighted by Crippen LogP contribution is -2.58. The molecule has 8 aliphatic carbocycles. The Morgan fingerprint density at radius 1 is 0.568 bits per heavy atom. The Labute approximate surface area is 225 Å². The van der Waals surface area contributed by atoms with Crippen LogP contribution in [0.15, 0.2) is 48.5 Å². The summed E-state index contributed by atoms with van der Waals surface area (Å²) in [6.45, 7) is 2.30. The van der Waals surface area contributed by atoms with Gasteiger partial charge in [0.05, 0.1) is 0 Å². The van der Waals surface area contributed by atoms with Crippen molar-refractivity contribution < 1.29 is 0 Å². The molecule has 1 nitrogen and oxygen atoms in total. The van der Waals surface area contributed by atoms with Crippen LogP contribution in [0.25, 0.3) is 0 Å². The van der Waals surface area contributed by atoms with Gasteiger partial charge in [0.15, 0.2) is 0 Å². The highest BCUT2D eigenvalue weighted by Gasteiger charge is 2.63. The van der Waals surface area contributed by atoms with Crippen LogP contribution < -0.4 is 10.2 Å². The highest BCUT2D eigenvalue weighted by Crippen LogP contribution is 2.78. The fraction of sp³-hybridized carbons (Fsp3) is 0.657. The number of hydrogen-bond acceptors (Lipinski definition) is 1. The second kappa shape index (κ2) is 8.10. The van der Waals surface area contributed by atoms with Crippen molar-refractivity contribution in [2.24, 2.45) is 35.5 Å². The number of para-hydroxylation sites is 1. The second-order valence-corrected chi connectivity index (χ2v) is 18.1. The summed E-state index contributed by atoms with van der Waals surface area (Å²) >= 11 is 0. The second-order valence-electron chi connectivity index (χ2n) is 15.0. The van der Waals surface area contributed by atoms with Crippen LogP contribution in [0, 0.1) is 35.5 Å². The lowest BCUT2D eigenvalue weighted by atomic mass is 9.55. The molecule has 0 spiro atoms. The van der Waals surface area contributed by atoms with Crippen LogP contribution in [0.2, 0.25) is 0 Å². The smallest absolute Gasteiger partial charge is 0.0447 e. The molecule has 2 aromatic carbocycles. The zero-order valence-corrected chi connectivity index (χ0v) is 23.5. The summed E-state index contributed by atoms with van der Waals surface area (Å²) in [6, 6.07) is 19.3. The Bertz CT molecular complexity index is 1100. The van der Waals surface area contributed by atoms with E-state index in [9.17, 15) is 0 Å². The molecule has 37 heavy (non-hydrogen) atoms. The third-order valence-corrected chi connectivity index (χ3v) is 16.4. The molecule has 0 unspecified atom stereocenters. The molecule has 0 radical (unpaired) electrons. The topological polar surface area (TPSA) is 3.24 Å².